The van der Waals surface area contributed by atoms with Crippen molar-refractivity contribution in [2.24, 2.45) is 0 Å². The third-order valence-electron chi connectivity index (χ3n) is 4.14. The first-order valence-corrected chi connectivity index (χ1v) is 6.81. The minimum Gasteiger partial charge on any atom is -0.317 e. The fraction of sp³-hybridized carbons (Fsp3) is 0.643. The molecule has 0 saturated carbocycles. The summed E-state index contributed by atoms with van der Waals surface area (Å²) in [6.07, 6.45) is 9.16. The molecule has 2 aliphatic heterocycles. The predicted octanol–water partition coefficient (Wildman–Crippen LogP) is 1.97. The molecule has 92 valence electrons. The summed E-state index contributed by atoms with van der Waals surface area (Å²) in [5, 5.41) is 3.45. The zero-order valence-electron chi connectivity index (χ0n) is 10.3. The Labute approximate surface area is 103 Å². The van der Waals surface area contributed by atoms with Crippen LogP contribution in [0.15, 0.2) is 24.5 Å². The Morgan fingerprint density at radius 1 is 1.24 bits per heavy atom. The van der Waals surface area contributed by atoms with Crippen LogP contribution in [0.4, 0.5) is 0 Å². The first-order chi connectivity index (χ1) is 8.45. The van der Waals surface area contributed by atoms with Gasteiger partial charge in [0.2, 0.25) is 0 Å². The monoisotopic (exact) mass is 231 g/mol. The minimum atomic E-state index is 0.617. The maximum absolute atomic E-state index is 4.27. The zero-order valence-corrected chi connectivity index (χ0v) is 10.3. The van der Waals surface area contributed by atoms with Gasteiger partial charge in [-0.3, -0.25) is 9.88 Å². The lowest BCUT2D eigenvalue weighted by Gasteiger charge is -2.35. The van der Waals surface area contributed by atoms with Crippen LogP contribution in [-0.2, 0) is 0 Å². The summed E-state index contributed by atoms with van der Waals surface area (Å²) in [5.41, 5.74) is 1.41. The quantitative estimate of drug-likeness (QED) is 0.843. The molecule has 0 amide bonds. The number of aromatic nitrogens is 1. The summed E-state index contributed by atoms with van der Waals surface area (Å²) in [4.78, 5) is 6.99. The van der Waals surface area contributed by atoms with E-state index in [9.17, 15) is 0 Å². The number of piperidine rings is 1. The first-order valence-electron chi connectivity index (χ1n) is 6.81. The van der Waals surface area contributed by atoms with Gasteiger partial charge in [-0.2, -0.15) is 0 Å². The van der Waals surface area contributed by atoms with E-state index < -0.39 is 0 Å². The molecule has 17 heavy (non-hydrogen) atoms. The molecule has 2 fully saturated rings. The molecule has 0 radical (unpaired) electrons. The Morgan fingerprint density at radius 3 is 2.88 bits per heavy atom. The van der Waals surface area contributed by atoms with Gasteiger partial charge in [-0.15, -0.1) is 0 Å². The molecule has 1 N–H and O–H groups in total. The van der Waals surface area contributed by atoms with Crippen molar-refractivity contribution in [1.82, 2.24) is 15.2 Å². The van der Waals surface area contributed by atoms with Gasteiger partial charge in [0, 0.05) is 24.5 Å². The van der Waals surface area contributed by atoms with Crippen LogP contribution in [0.3, 0.4) is 0 Å². The molecular formula is C14H21N3. The molecule has 0 aromatic carbocycles. The summed E-state index contributed by atoms with van der Waals surface area (Å²) in [6, 6.07) is 5.70. The molecule has 1 aromatic rings. The van der Waals surface area contributed by atoms with Crippen LogP contribution in [0, 0.1) is 0 Å². The van der Waals surface area contributed by atoms with Crippen molar-refractivity contribution in [2.45, 2.75) is 37.8 Å². The van der Waals surface area contributed by atoms with E-state index in [1.54, 1.807) is 0 Å². The van der Waals surface area contributed by atoms with Crippen molar-refractivity contribution in [2.75, 3.05) is 19.6 Å². The standard InChI is InChI=1S/C14H21N3/c1-3-12(11-16-7-1)14-4-2-10-17(14)13-5-8-15-9-6-13/h1,3,7,11,13-15H,2,4-6,8-10H2/t14-/m0/s1. The van der Waals surface area contributed by atoms with Crippen LogP contribution < -0.4 is 5.32 Å². The van der Waals surface area contributed by atoms with Crippen LogP contribution in [0.5, 0.6) is 0 Å². The second-order valence-electron chi connectivity index (χ2n) is 5.16. The van der Waals surface area contributed by atoms with Gasteiger partial charge in [0.25, 0.3) is 0 Å². The van der Waals surface area contributed by atoms with E-state index in [2.05, 4.69) is 27.3 Å². The van der Waals surface area contributed by atoms with Crippen LogP contribution in [0.1, 0.15) is 37.3 Å². The first kappa shape index (κ1) is 11.2. The molecule has 2 aliphatic rings. The van der Waals surface area contributed by atoms with Crippen molar-refractivity contribution >= 4 is 0 Å². The van der Waals surface area contributed by atoms with Crippen molar-refractivity contribution in [3.8, 4) is 0 Å². The van der Waals surface area contributed by atoms with E-state index >= 15 is 0 Å². The van der Waals surface area contributed by atoms with E-state index in [0.717, 1.165) is 6.04 Å². The summed E-state index contributed by atoms with van der Waals surface area (Å²) < 4.78 is 0. The molecule has 3 nitrogen and oxygen atoms in total. The fourth-order valence-corrected chi connectivity index (χ4v) is 3.30. The molecule has 1 atom stereocenters. The van der Waals surface area contributed by atoms with Gasteiger partial charge in [0.1, 0.15) is 0 Å². The molecule has 0 bridgehead atoms. The number of hydrogen-bond donors (Lipinski definition) is 1. The van der Waals surface area contributed by atoms with E-state index in [1.807, 2.05) is 12.4 Å². The highest BCUT2D eigenvalue weighted by atomic mass is 15.2. The zero-order chi connectivity index (χ0) is 11.5. The number of likely N-dealkylation sites (tertiary alicyclic amines) is 1. The molecular weight excluding hydrogens is 210 g/mol. The topological polar surface area (TPSA) is 28.2 Å². The molecule has 0 spiro atoms. The Kier molecular flexibility index (Phi) is 3.39. The highest BCUT2D eigenvalue weighted by molar-refractivity contribution is 5.15. The Balaban J connectivity index is 1.75. The van der Waals surface area contributed by atoms with Gasteiger partial charge < -0.3 is 5.32 Å². The normalized spacial score (nSPS) is 27.4. The number of nitrogens with one attached hydrogen (secondary N) is 1. The van der Waals surface area contributed by atoms with Crippen molar-refractivity contribution in [3.63, 3.8) is 0 Å². The lowest BCUT2D eigenvalue weighted by Crippen LogP contribution is -2.42. The number of nitrogens with zero attached hydrogens (tertiary/aromatic N) is 2. The molecule has 1 aromatic heterocycles. The van der Waals surface area contributed by atoms with Crippen LogP contribution >= 0.6 is 0 Å². The number of rotatable bonds is 2. The van der Waals surface area contributed by atoms with Gasteiger partial charge in [-0.05, 0) is 56.9 Å². The van der Waals surface area contributed by atoms with Gasteiger partial charge in [0.15, 0.2) is 0 Å². The Bertz CT molecular complexity index is 346. The molecule has 2 saturated heterocycles. The summed E-state index contributed by atoms with van der Waals surface area (Å²) in [5.74, 6) is 0. The maximum Gasteiger partial charge on any atom is 0.0366 e. The summed E-state index contributed by atoms with van der Waals surface area (Å²) >= 11 is 0. The van der Waals surface area contributed by atoms with Crippen LogP contribution in [0.25, 0.3) is 0 Å². The fourth-order valence-electron chi connectivity index (χ4n) is 3.30. The van der Waals surface area contributed by atoms with Gasteiger partial charge in [0.05, 0.1) is 0 Å². The van der Waals surface area contributed by atoms with E-state index in [1.165, 1.54) is 50.9 Å². The van der Waals surface area contributed by atoms with Crippen molar-refractivity contribution < 1.29 is 0 Å². The highest BCUT2D eigenvalue weighted by Gasteiger charge is 2.32. The van der Waals surface area contributed by atoms with Crippen LogP contribution in [0.2, 0.25) is 0 Å². The maximum atomic E-state index is 4.27. The second kappa shape index (κ2) is 5.15. The lowest BCUT2D eigenvalue weighted by atomic mass is 10.0. The summed E-state index contributed by atoms with van der Waals surface area (Å²) in [7, 11) is 0. The van der Waals surface area contributed by atoms with Crippen LogP contribution in [-0.4, -0.2) is 35.6 Å². The van der Waals surface area contributed by atoms with Crippen molar-refractivity contribution in [1.29, 1.82) is 0 Å². The van der Waals surface area contributed by atoms with Gasteiger partial charge >= 0.3 is 0 Å². The van der Waals surface area contributed by atoms with E-state index in [4.69, 9.17) is 0 Å². The molecule has 3 heterocycles. The number of pyridine rings is 1. The highest BCUT2D eigenvalue weighted by Crippen LogP contribution is 2.34. The largest absolute Gasteiger partial charge is 0.317 e. The Morgan fingerprint density at radius 2 is 2.12 bits per heavy atom. The minimum absolute atomic E-state index is 0.617. The summed E-state index contributed by atoms with van der Waals surface area (Å²) in [6.45, 7) is 3.63. The Hall–Kier alpha value is -0.930. The number of hydrogen-bond acceptors (Lipinski definition) is 3. The lowest BCUT2D eigenvalue weighted by molar-refractivity contribution is 0.148. The third kappa shape index (κ3) is 2.35. The average molecular weight is 231 g/mol. The smallest absolute Gasteiger partial charge is 0.0366 e. The van der Waals surface area contributed by atoms with E-state index in [0.29, 0.717) is 6.04 Å². The molecule has 3 heteroatoms. The molecule has 3 rings (SSSR count). The van der Waals surface area contributed by atoms with E-state index in [-0.39, 0.29) is 0 Å². The third-order valence-corrected chi connectivity index (χ3v) is 4.14. The van der Waals surface area contributed by atoms with Gasteiger partial charge in [-0.25, -0.2) is 0 Å². The second-order valence-corrected chi connectivity index (χ2v) is 5.16. The SMILES string of the molecule is c1cncc([C@@H]2CCCN2C2CCNCC2)c1. The van der Waals surface area contributed by atoms with Crippen molar-refractivity contribution in [3.05, 3.63) is 30.1 Å². The predicted molar refractivity (Wildman–Crippen MR) is 68.8 cm³/mol. The average Bonchev–Trinajstić information content (AvgIpc) is 2.90. The van der Waals surface area contributed by atoms with Gasteiger partial charge in [-0.1, -0.05) is 6.07 Å². The molecule has 0 unspecified atom stereocenters. The molecule has 0 aliphatic carbocycles.